The van der Waals surface area contributed by atoms with Crippen LogP contribution in [0.2, 0.25) is 0 Å². The molecule has 2 rings (SSSR count). The average Bonchev–Trinajstić information content (AvgIpc) is 2.59. The van der Waals surface area contributed by atoms with Crippen molar-refractivity contribution < 1.29 is 27.1 Å². The highest BCUT2D eigenvalue weighted by molar-refractivity contribution is 5.94. The van der Waals surface area contributed by atoms with Gasteiger partial charge in [-0.05, 0) is 30.0 Å². The Morgan fingerprint density at radius 1 is 1.29 bits per heavy atom. The molecule has 28 heavy (non-hydrogen) atoms. The minimum atomic E-state index is -5.00. The number of aromatic amines is 1. The highest BCUT2D eigenvalue weighted by atomic mass is 19.4. The van der Waals surface area contributed by atoms with Crippen molar-refractivity contribution in [2.75, 3.05) is 19.0 Å². The van der Waals surface area contributed by atoms with E-state index in [1.165, 1.54) is 11.0 Å². The van der Waals surface area contributed by atoms with Crippen molar-refractivity contribution in [1.82, 2.24) is 9.97 Å². The molecule has 0 bridgehead atoms. The molecule has 0 unspecified atom stereocenters. The van der Waals surface area contributed by atoms with Gasteiger partial charge >= 0.3 is 6.36 Å². The summed E-state index contributed by atoms with van der Waals surface area (Å²) in [4.78, 5) is 32.4. The Morgan fingerprint density at radius 2 is 1.96 bits per heavy atom. The van der Waals surface area contributed by atoms with Gasteiger partial charge in [0.15, 0.2) is 17.3 Å². The first-order valence-corrected chi connectivity index (χ1v) is 8.37. The predicted molar refractivity (Wildman–Crippen MR) is 94.2 cm³/mol. The first-order chi connectivity index (χ1) is 13.0. The highest BCUT2D eigenvalue weighted by Crippen LogP contribution is 2.31. The summed E-state index contributed by atoms with van der Waals surface area (Å²) in [5.74, 6) is -2.80. The van der Waals surface area contributed by atoms with Crippen molar-refractivity contribution in [3.63, 3.8) is 0 Å². The minimum absolute atomic E-state index is 0.0385. The highest BCUT2D eigenvalue weighted by Gasteiger charge is 2.32. The third kappa shape index (κ3) is 5.54. The summed E-state index contributed by atoms with van der Waals surface area (Å²) in [6.07, 6.45) is -4.66. The van der Waals surface area contributed by atoms with Gasteiger partial charge in [0.25, 0.3) is 5.56 Å². The van der Waals surface area contributed by atoms with Crippen molar-refractivity contribution in [2.45, 2.75) is 32.0 Å². The van der Waals surface area contributed by atoms with Gasteiger partial charge in [0.1, 0.15) is 5.69 Å². The fourth-order valence-corrected chi connectivity index (χ4v) is 2.60. The van der Waals surface area contributed by atoms with Crippen LogP contribution in [0.1, 0.15) is 41.7 Å². The molecule has 0 spiro atoms. The van der Waals surface area contributed by atoms with Gasteiger partial charge in [0.05, 0.1) is 0 Å². The molecule has 0 aliphatic carbocycles. The van der Waals surface area contributed by atoms with Gasteiger partial charge in [-0.1, -0.05) is 13.0 Å². The van der Waals surface area contributed by atoms with E-state index in [4.69, 9.17) is 0 Å². The number of hydrogen-bond acceptors (Lipinski definition) is 5. The summed E-state index contributed by atoms with van der Waals surface area (Å²) >= 11 is 0. The molecule has 0 aliphatic heterocycles. The quantitative estimate of drug-likeness (QED) is 0.566. The molecule has 2 aromatic rings. The Bertz CT molecular complexity index is 910. The molecule has 10 heteroatoms. The van der Waals surface area contributed by atoms with Gasteiger partial charge in [0.2, 0.25) is 5.95 Å². The largest absolute Gasteiger partial charge is 0.573 e. The Labute approximate surface area is 158 Å². The molecule has 1 N–H and O–H groups in total. The molecule has 0 radical (unpaired) electrons. The fourth-order valence-electron chi connectivity index (χ4n) is 2.60. The third-order valence-electron chi connectivity index (χ3n) is 4.02. The van der Waals surface area contributed by atoms with Gasteiger partial charge in [-0.15, -0.1) is 13.2 Å². The van der Waals surface area contributed by atoms with Gasteiger partial charge in [0, 0.05) is 26.6 Å². The topological polar surface area (TPSA) is 75.3 Å². The molecule has 152 valence electrons. The number of nitrogens with one attached hydrogen (secondary N) is 1. The molecule has 1 aromatic heterocycles. The van der Waals surface area contributed by atoms with Crippen LogP contribution in [0.4, 0.5) is 23.5 Å². The van der Waals surface area contributed by atoms with Crippen molar-refractivity contribution >= 4 is 11.7 Å². The molecule has 1 atom stereocenters. The zero-order valence-corrected chi connectivity index (χ0v) is 15.4. The molecule has 0 saturated carbocycles. The lowest BCUT2D eigenvalue weighted by Gasteiger charge is -2.17. The number of halogens is 4. The normalized spacial score (nSPS) is 12.5. The molecule has 0 aliphatic rings. The van der Waals surface area contributed by atoms with Gasteiger partial charge < -0.3 is 9.64 Å². The maximum Gasteiger partial charge on any atom is 0.573 e. The predicted octanol–water partition coefficient (Wildman–Crippen LogP) is 3.64. The minimum Gasteiger partial charge on any atom is -0.403 e. The number of alkyl halides is 3. The monoisotopic (exact) mass is 401 g/mol. The van der Waals surface area contributed by atoms with E-state index in [2.05, 4.69) is 14.7 Å². The van der Waals surface area contributed by atoms with Crippen LogP contribution in [0.3, 0.4) is 0 Å². The second-order valence-electron chi connectivity index (χ2n) is 6.32. The first kappa shape index (κ1) is 21.4. The molecular weight excluding hydrogens is 382 g/mol. The number of ketones is 1. The number of ether oxygens (including phenoxy) is 1. The lowest BCUT2D eigenvalue weighted by Crippen LogP contribution is -2.21. The number of H-pyrrole nitrogens is 1. The SMILES string of the molecule is CC[C@@H](CC(=O)c1cc(=O)[nH]c(N(C)C)n1)c1ccc(OC(F)(F)F)c(F)c1. The number of carbonyl (C=O) groups excluding carboxylic acids is 1. The van der Waals surface area contributed by atoms with Crippen LogP contribution >= 0.6 is 0 Å². The number of anilines is 1. The van der Waals surface area contributed by atoms with Crippen molar-refractivity contribution in [3.8, 4) is 5.75 Å². The van der Waals surface area contributed by atoms with E-state index in [9.17, 15) is 27.2 Å². The van der Waals surface area contributed by atoms with Crippen LogP contribution in [0.25, 0.3) is 0 Å². The Morgan fingerprint density at radius 3 is 2.50 bits per heavy atom. The van der Waals surface area contributed by atoms with E-state index in [0.29, 0.717) is 12.0 Å². The third-order valence-corrected chi connectivity index (χ3v) is 4.02. The molecule has 0 saturated heterocycles. The lowest BCUT2D eigenvalue weighted by molar-refractivity contribution is -0.275. The van der Waals surface area contributed by atoms with Gasteiger partial charge in [-0.25, -0.2) is 9.37 Å². The van der Waals surface area contributed by atoms with Crippen LogP contribution in [-0.2, 0) is 0 Å². The second kappa shape index (κ2) is 8.41. The molecule has 1 aromatic carbocycles. The van der Waals surface area contributed by atoms with Crippen molar-refractivity contribution in [2.24, 2.45) is 0 Å². The number of benzene rings is 1. The van der Waals surface area contributed by atoms with Crippen molar-refractivity contribution in [3.05, 3.63) is 51.7 Å². The summed E-state index contributed by atoms with van der Waals surface area (Å²) in [5, 5.41) is 0. The zero-order valence-electron chi connectivity index (χ0n) is 15.4. The number of rotatable bonds is 7. The smallest absolute Gasteiger partial charge is 0.403 e. The van der Waals surface area contributed by atoms with E-state index in [1.54, 1.807) is 21.0 Å². The molecule has 0 fully saturated rings. The number of nitrogens with zero attached hydrogens (tertiary/aromatic N) is 2. The maximum absolute atomic E-state index is 14.0. The Kier molecular flexibility index (Phi) is 6.42. The van der Waals surface area contributed by atoms with Gasteiger partial charge in [-0.2, -0.15) is 0 Å². The summed E-state index contributed by atoms with van der Waals surface area (Å²) in [6.45, 7) is 1.76. The molecule has 0 amide bonds. The maximum atomic E-state index is 14.0. The van der Waals surface area contributed by atoms with Crippen LogP contribution in [0.5, 0.6) is 5.75 Å². The zero-order chi connectivity index (χ0) is 21.1. The van der Waals surface area contributed by atoms with E-state index < -0.39 is 35.2 Å². The first-order valence-electron chi connectivity index (χ1n) is 8.37. The van der Waals surface area contributed by atoms with Gasteiger partial charge in [-0.3, -0.25) is 14.6 Å². The van der Waals surface area contributed by atoms with Crippen LogP contribution in [-0.4, -0.2) is 36.2 Å². The number of aromatic nitrogens is 2. The van der Waals surface area contributed by atoms with Crippen molar-refractivity contribution in [1.29, 1.82) is 0 Å². The van der Waals surface area contributed by atoms with Crippen LogP contribution in [0, 0.1) is 5.82 Å². The number of carbonyl (C=O) groups is 1. The molecule has 6 nitrogen and oxygen atoms in total. The fraction of sp³-hybridized carbons (Fsp3) is 0.389. The molecular formula is C18H19F4N3O3. The standard InChI is InChI=1S/C18H19F4N3O3/c1-4-10(11-5-6-15(12(19)7-11)28-18(20,21)22)8-14(26)13-9-16(27)24-17(23-13)25(2)3/h5-7,9-10H,4,8H2,1-3H3,(H,23,24,27)/t10-/m0/s1. The Hall–Kier alpha value is -2.91. The molecule has 1 heterocycles. The average molecular weight is 401 g/mol. The second-order valence-corrected chi connectivity index (χ2v) is 6.32. The summed E-state index contributed by atoms with van der Waals surface area (Å²) in [7, 11) is 3.30. The number of Topliss-reactive ketones (excluding diaryl/α,β-unsaturated/α-hetero) is 1. The van der Waals surface area contributed by atoms with E-state index in [1.807, 2.05) is 0 Å². The van der Waals surface area contributed by atoms with E-state index in [0.717, 1.165) is 18.2 Å². The Balaban J connectivity index is 2.23. The summed E-state index contributed by atoms with van der Waals surface area (Å²) in [6, 6.07) is 4.14. The van der Waals surface area contributed by atoms with Crippen LogP contribution in [0.15, 0.2) is 29.1 Å². The van der Waals surface area contributed by atoms with E-state index >= 15 is 0 Å². The lowest BCUT2D eigenvalue weighted by atomic mass is 9.90. The van der Waals surface area contributed by atoms with E-state index in [-0.39, 0.29) is 18.1 Å². The van der Waals surface area contributed by atoms with Crippen LogP contribution < -0.4 is 15.2 Å². The summed E-state index contributed by atoms with van der Waals surface area (Å²) in [5.41, 5.74) is -0.182. The summed E-state index contributed by atoms with van der Waals surface area (Å²) < 4.78 is 54.3. The number of hydrogen-bond donors (Lipinski definition) is 1.